The van der Waals surface area contributed by atoms with Gasteiger partial charge in [0.25, 0.3) is 0 Å². The molecule has 9 rings (SSSR count). The Morgan fingerprint density at radius 3 is 1.77 bits per heavy atom. The minimum Gasteiger partial charge on any atom is -1.00 e. The number of ether oxygens (including phenoxy) is 1. The Morgan fingerprint density at radius 2 is 1.19 bits per heavy atom. The van der Waals surface area contributed by atoms with Gasteiger partial charge >= 0.3 is 74.9 Å². The molecule has 4 N–H and O–H groups in total. The van der Waals surface area contributed by atoms with Gasteiger partial charge in [-0.2, -0.15) is 6.07 Å². The number of aryl methyl sites for hydroxylation is 4. The number of halogens is 1. The van der Waals surface area contributed by atoms with Gasteiger partial charge in [-0.25, -0.2) is 9.79 Å². The summed E-state index contributed by atoms with van der Waals surface area (Å²) in [6, 6.07) is 31.6. The average molecular weight is 1270 g/mol. The Kier molecular flexibility index (Phi) is 26.3. The largest absolute Gasteiger partial charge is 1.00 e. The van der Waals surface area contributed by atoms with Gasteiger partial charge < -0.3 is 46.9 Å². The van der Waals surface area contributed by atoms with E-state index >= 15 is 0 Å². The molecule has 5 aliphatic rings. The van der Waals surface area contributed by atoms with Crippen LogP contribution in [0.2, 0.25) is 0 Å². The number of fused-ring (bicyclic) bond motifs is 4. The fourth-order valence-corrected chi connectivity index (χ4v) is 11.0. The van der Waals surface area contributed by atoms with Gasteiger partial charge in [-0.1, -0.05) is 75.3 Å². The summed E-state index contributed by atoms with van der Waals surface area (Å²) in [6.45, 7) is 25.1. The minimum absolute atomic E-state index is 0. The monoisotopic (exact) mass is 1270 g/mol. The van der Waals surface area contributed by atoms with Gasteiger partial charge in [0.1, 0.15) is 35.3 Å². The van der Waals surface area contributed by atoms with Crippen molar-refractivity contribution in [3.8, 4) is 44.9 Å². The predicted molar refractivity (Wildman–Crippen MR) is 330 cm³/mol. The number of carbonyl (C=O) groups is 3. The maximum Gasteiger partial charge on any atom is 1.00 e. The van der Waals surface area contributed by atoms with Gasteiger partial charge in [0.15, 0.2) is 11.6 Å². The number of rotatable bonds is 20. The third-order valence-corrected chi connectivity index (χ3v) is 15.4. The smallest absolute Gasteiger partial charge is 1.00 e. The first-order chi connectivity index (χ1) is 39.2. The zero-order valence-corrected chi connectivity index (χ0v) is 58.0. The summed E-state index contributed by atoms with van der Waals surface area (Å²) < 4.78 is 19.3. The Balaban J connectivity index is 0.000000334. The number of ketones is 2. The molecule has 1 unspecified atom stereocenters. The van der Waals surface area contributed by atoms with E-state index < -0.39 is 12.1 Å². The fraction of sp³-hybridized carbons (Fsp3) is 0.343. The number of hydrogen-bond donors (Lipinski definition) is 3. The molecule has 1 atom stereocenters. The van der Waals surface area contributed by atoms with Crippen molar-refractivity contribution in [3.63, 3.8) is 0 Å². The molecule has 3 aliphatic carbocycles. The van der Waals surface area contributed by atoms with Crippen molar-refractivity contribution in [2.75, 3.05) is 36.8 Å². The maximum absolute atomic E-state index is 14.4. The second-order valence-electron chi connectivity index (χ2n) is 21.2. The van der Waals surface area contributed by atoms with E-state index in [1.54, 1.807) is 26.0 Å². The van der Waals surface area contributed by atoms with Gasteiger partial charge in [0.2, 0.25) is 5.36 Å². The molecule has 0 aromatic heterocycles. The van der Waals surface area contributed by atoms with Crippen LogP contribution in [0.5, 0.6) is 0 Å². The van der Waals surface area contributed by atoms with Crippen molar-refractivity contribution in [2.45, 2.75) is 134 Å². The Bertz CT molecular complexity index is 3830. The predicted octanol–water partition coefficient (Wildman–Crippen LogP) is 7.80. The zero-order valence-electron chi connectivity index (χ0n) is 51.0. The van der Waals surface area contributed by atoms with Crippen LogP contribution in [0.3, 0.4) is 0 Å². The maximum atomic E-state index is 14.4. The first kappa shape index (κ1) is 68.9. The number of unbranched alkanes of at least 4 members (excludes halogenated alkanes) is 6. The molecule has 4 aromatic carbocycles. The van der Waals surface area contributed by atoms with Crippen molar-refractivity contribution >= 4 is 57.1 Å². The minimum atomic E-state index is -0.838. The topological polar surface area (TPSA) is 184 Å². The number of allylic oxidation sites excluding steroid dienone is 3. The van der Waals surface area contributed by atoms with Gasteiger partial charge in [-0.3, -0.25) is 14.6 Å². The van der Waals surface area contributed by atoms with Crippen LogP contribution in [0.25, 0.3) is 66.8 Å². The molecule has 0 saturated carbocycles. The Labute approximate surface area is 560 Å². The van der Waals surface area contributed by atoms with Gasteiger partial charge in [-0.05, 0) is 141 Å². The summed E-state index contributed by atoms with van der Waals surface area (Å²) >= 11 is 0. The first-order valence-electron chi connectivity index (χ1n) is 29.0. The number of nitrogens with one attached hydrogen (secondary N) is 3. The summed E-state index contributed by atoms with van der Waals surface area (Å²) in [5.74, 6) is 0.463. The quantitative estimate of drug-likeness (QED) is 0.0224. The number of Topliss-reactive ketones (excluding diaryl/α,β-unsaturated/α-hetero) is 1. The van der Waals surface area contributed by atoms with E-state index in [0.717, 1.165) is 140 Å². The van der Waals surface area contributed by atoms with Crippen LogP contribution in [0.1, 0.15) is 138 Å². The van der Waals surface area contributed by atoms with Crippen LogP contribution >= 0.6 is 0 Å². The summed E-state index contributed by atoms with van der Waals surface area (Å²) in [4.78, 5) is 60.6. The number of benzene rings is 6. The molecule has 436 valence electrons. The van der Waals surface area contributed by atoms with E-state index in [1.165, 1.54) is 25.3 Å². The molecule has 0 saturated heterocycles. The molecule has 0 radical (unpaired) electrons. The molecule has 0 bridgehead atoms. The summed E-state index contributed by atoms with van der Waals surface area (Å²) in [5, 5.41) is 10.6. The molecule has 84 heavy (non-hydrogen) atoms. The van der Waals surface area contributed by atoms with Crippen molar-refractivity contribution in [1.82, 2.24) is 0 Å². The number of esters is 1. The van der Waals surface area contributed by atoms with Crippen LogP contribution < -0.4 is 108 Å². The van der Waals surface area contributed by atoms with E-state index in [4.69, 9.17) is 13.6 Å². The van der Waals surface area contributed by atoms with Crippen molar-refractivity contribution < 1.29 is 125 Å². The van der Waals surface area contributed by atoms with Crippen LogP contribution in [0, 0.1) is 27.7 Å². The fourth-order valence-electron chi connectivity index (χ4n) is 11.0. The molecule has 14 heteroatoms. The van der Waals surface area contributed by atoms with E-state index in [0.29, 0.717) is 52.1 Å². The number of hydrogen-bond acceptors (Lipinski definition) is 11. The second-order valence-corrected chi connectivity index (χ2v) is 21.2. The van der Waals surface area contributed by atoms with E-state index in [1.807, 2.05) is 67.6 Å². The molecule has 4 aromatic rings. The molecule has 12 nitrogen and oxygen atoms in total. The van der Waals surface area contributed by atoms with Crippen molar-refractivity contribution in [2.24, 2.45) is 4.99 Å². The molecule has 2 heterocycles. The van der Waals surface area contributed by atoms with Crippen LogP contribution in [0.4, 0.5) is 11.4 Å². The summed E-state index contributed by atoms with van der Waals surface area (Å²) in [7, 11) is 0. The SMILES string of the molecule is CCCCCCCCCC(OC(=O)c1ccccc1-c1c2cc(C)c(=[NH+]CC)cc-2oc2cc(NCC)c(C)cc12)C1=CC(=O)C(C)=C(C)C1=O.CCN=c1cc2oc3cc(NCC)c(C)cc3c(-c3ccccc3[C-]=O)c-2cc1C.[Cl-].[Cs+].[OH-]. The Hall–Kier alpha value is -5.88. The van der Waals surface area contributed by atoms with Crippen molar-refractivity contribution in [1.29, 1.82) is 0 Å². The average Bonchev–Trinajstić information content (AvgIpc) is 2.11. The molecular weight excluding hydrogens is 1190 g/mol. The third kappa shape index (κ3) is 15.4. The van der Waals surface area contributed by atoms with Crippen molar-refractivity contribution in [3.05, 3.63) is 164 Å². The second kappa shape index (κ2) is 32.0. The Morgan fingerprint density at radius 1 is 0.643 bits per heavy atom. The summed E-state index contributed by atoms with van der Waals surface area (Å²) in [6.07, 6.45) is 10.7. The number of anilines is 2. The number of nitrogens with zero attached hydrogens (tertiary/aromatic N) is 1. The molecular formula is C70H79ClCsN4O8-. The molecule has 0 amide bonds. The van der Waals surface area contributed by atoms with E-state index in [2.05, 4.69) is 107 Å². The van der Waals surface area contributed by atoms with Gasteiger partial charge in [0.05, 0.1) is 23.3 Å². The van der Waals surface area contributed by atoms with Crippen LogP contribution in [-0.2, 0) is 19.1 Å². The third-order valence-electron chi connectivity index (χ3n) is 15.4. The summed E-state index contributed by atoms with van der Waals surface area (Å²) in [5.41, 5.74) is 15.1. The van der Waals surface area contributed by atoms with E-state index in [9.17, 15) is 19.2 Å². The van der Waals surface area contributed by atoms with Crippen LogP contribution in [0.15, 0.2) is 134 Å². The normalized spacial score (nSPS) is 13.0. The molecule has 0 spiro atoms. The molecule has 0 fully saturated rings. The van der Waals surface area contributed by atoms with Gasteiger partial charge in [0, 0.05) is 99.0 Å². The van der Waals surface area contributed by atoms with Crippen LogP contribution in [-0.4, -0.2) is 61.6 Å². The molecule has 2 aliphatic heterocycles. The number of carbonyl (C=O) groups excluding carboxylic acids is 4. The first-order valence-corrected chi connectivity index (χ1v) is 29.0. The zero-order chi connectivity index (χ0) is 57.9. The standard InChI is InChI=1S/C44H52N2O5.C26H25N2O2.ClH.Cs.H2O/c1-8-11-12-13-14-15-16-21-39(35-24-38(47)29(6)30(7)43(35)48)51-44(49)32-20-18-17-19-31(32)42-33-22-27(4)36(45-9-2)25-40(33)50-41-26-37(46-10-3)28(5)23-34(41)42;1-5-27-22-13-24-20(11-16(22)3)26(19-10-8-7-9-18(19)15-29)21-12-17(4)23(28-6-2)14-25(21)30-24;;;/h17-20,22-26,39,45H,8-16,21H2,1-7H3;7-14,27H,5-6H2,1-4H3;1H;;1H2/q;-1;;+1;/p-1. The van der Waals surface area contributed by atoms with Gasteiger partial charge in [-0.15, -0.1) is 23.3 Å². The van der Waals surface area contributed by atoms with E-state index in [-0.39, 0.29) is 104 Å².